The van der Waals surface area contributed by atoms with E-state index in [4.69, 9.17) is 16.9 Å². The van der Waals surface area contributed by atoms with Crippen LogP contribution in [-0.2, 0) is 6.18 Å². The minimum absolute atomic E-state index is 0.374. The molecule has 1 aromatic heterocycles. The quantitative estimate of drug-likeness (QED) is 0.569. The van der Waals surface area contributed by atoms with E-state index < -0.39 is 34.6 Å². The largest absolute Gasteiger partial charge is 0.419 e. The van der Waals surface area contributed by atoms with Gasteiger partial charge in [0.1, 0.15) is 22.5 Å². The normalized spacial score (nSPS) is 11.6. The van der Waals surface area contributed by atoms with E-state index in [0.717, 1.165) is 0 Å². The van der Waals surface area contributed by atoms with Crippen molar-refractivity contribution in [1.29, 1.82) is 5.26 Å². The topological polar surface area (TPSA) is 36.7 Å². The summed E-state index contributed by atoms with van der Waals surface area (Å²) in [4.78, 5) is 3.05. The monoisotopic (exact) mass is 256 g/mol. The molecule has 0 N–H and O–H groups in total. The molecule has 0 aliphatic carbocycles. The van der Waals surface area contributed by atoms with Crippen LogP contribution in [0.3, 0.4) is 0 Å². The lowest BCUT2D eigenvalue weighted by molar-refractivity contribution is -0.139. The molecule has 0 aliphatic heterocycles. The van der Waals surface area contributed by atoms with Crippen LogP contribution in [0.15, 0.2) is 6.07 Å². The van der Waals surface area contributed by atoms with E-state index in [9.17, 15) is 22.0 Å². The molecule has 0 bridgehead atoms. The number of aromatic nitrogens is 1. The predicted octanol–water partition coefficient (Wildman–Crippen LogP) is 3.56. The molecule has 0 aliphatic rings. The van der Waals surface area contributed by atoms with Gasteiger partial charge in [0.05, 0.1) is 0 Å². The standard InChI is InChI=1S/C8H2ClF5N2/c9-6-5(8(12,13)14)4(7(10)11)1-3(2-15)16-6/h1,7H. The fraction of sp³-hybridized carbons (Fsp3) is 0.250. The Kier molecular flexibility index (Phi) is 3.33. The molecule has 0 aromatic carbocycles. The van der Waals surface area contributed by atoms with Crippen molar-refractivity contribution in [2.45, 2.75) is 12.6 Å². The second-order valence-corrected chi connectivity index (χ2v) is 3.03. The van der Waals surface area contributed by atoms with E-state index in [1.165, 1.54) is 6.07 Å². The van der Waals surface area contributed by atoms with Gasteiger partial charge in [0.15, 0.2) is 0 Å². The van der Waals surface area contributed by atoms with Gasteiger partial charge in [-0.2, -0.15) is 18.4 Å². The molecule has 86 valence electrons. The third-order valence-electron chi connectivity index (χ3n) is 1.64. The van der Waals surface area contributed by atoms with Crippen molar-refractivity contribution in [2.24, 2.45) is 0 Å². The molecule has 0 spiro atoms. The molecule has 1 heterocycles. The Bertz CT molecular complexity index is 449. The molecule has 0 unspecified atom stereocenters. The molecule has 8 heteroatoms. The van der Waals surface area contributed by atoms with E-state index in [-0.39, 0.29) is 0 Å². The zero-order chi connectivity index (χ0) is 12.5. The lowest BCUT2D eigenvalue weighted by Crippen LogP contribution is -2.12. The van der Waals surface area contributed by atoms with Crippen LogP contribution < -0.4 is 0 Å². The van der Waals surface area contributed by atoms with Crippen molar-refractivity contribution in [3.63, 3.8) is 0 Å². The number of pyridine rings is 1. The van der Waals surface area contributed by atoms with E-state index in [1.807, 2.05) is 0 Å². The molecule has 0 saturated carbocycles. The maximum Gasteiger partial charge on any atom is 0.419 e. The number of hydrogen-bond donors (Lipinski definition) is 0. The third-order valence-corrected chi connectivity index (χ3v) is 1.91. The van der Waals surface area contributed by atoms with Gasteiger partial charge in [-0.1, -0.05) is 11.6 Å². The maximum absolute atomic E-state index is 12.4. The van der Waals surface area contributed by atoms with Gasteiger partial charge in [0.2, 0.25) is 0 Å². The zero-order valence-corrected chi connectivity index (χ0v) is 8.07. The van der Waals surface area contributed by atoms with E-state index in [2.05, 4.69) is 4.98 Å². The number of rotatable bonds is 1. The molecule has 0 amide bonds. The Morgan fingerprint density at radius 3 is 2.31 bits per heavy atom. The van der Waals surface area contributed by atoms with Gasteiger partial charge in [-0.05, 0) is 6.07 Å². The van der Waals surface area contributed by atoms with E-state index >= 15 is 0 Å². The first-order chi connectivity index (χ1) is 7.27. The fourth-order valence-electron chi connectivity index (χ4n) is 1.04. The minimum atomic E-state index is -5.04. The van der Waals surface area contributed by atoms with Gasteiger partial charge in [-0.25, -0.2) is 13.8 Å². The van der Waals surface area contributed by atoms with Gasteiger partial charge in [0.25, 0.3) is 6.43 Å². The molecular weight excluding hydrogens is 255 g/mol. The number of hydrogen-bond acceptors (Lipinski definition) is 2. The first-order valence-electron chi connectivity index (χ1n) is 3.73. The molecule has 1 aromatic rings. The van der Waals surface area contributed by atoms with Gasteiger partial charge in [-0.15, -0.1) is 0 Å². The van der Waals surface area contributed by atoms with Crippen molar-refractivity contribution < 1.29 is 22.0 Å². The van der Waals surface area contributed by atoms with Crippen LogP contribution in [0.5, 0.6) is 0 Å². The summed E-state index contributed by atoms with van der Waals surface area (Å²) < 4.78 is 61.8. The van der Waals surface area contributed by atoms with Gasteiger partial charge in [-0.3, -0.25) is 0 Å². The first-order valence-corrected chi connectivity index (χ1v) is 4.11. The average Bonchev–Trinajstić information content (AvgIpc) is 2.14. The van der Waals surface area contributed by atoms with Crippen molar-refractivity contribution >= 4 is 11.6 Å². The first kappa shape index (κ1) is 12.6. The second kappa shape index (κ2) is 4.22. The summed E-state index contributed by atoms with van der Waals surface area (Å²) in [6.45, 7) is 0. The molecule has 0 saturated heterocycles. The molecule has 0 fully saturated rings. The second-order valence-electron chi connectivity index (χ2n) is 2.67. The zero-order valence-electron chi connectivity index (χ0n) is 7.32. The minimum Gasteiger partial charge on any atom is -0.225 e. The highest BCUT2D eigenvalue weighted by Gasteiger charge is 2.39. The summed E-state index contributed by atoms with van der Waals surface area (Å²) in [6, 6.07) is 1.72. The SMILES string of the molecule is N#Cc1cc(C(F)F)c(C(F)(F)F)c(Cl)n1. The molecule has 0 radical (unpaired) electrons. The Labute approximate surface area is 91.3 Å². The Morgan fingerprint density at radius 2 is 1.94 bits per heavy atom. The maximum atomic E-state index is 12.4. The van der Waals surface area contributed by atoms with Gasteiger partial charge in [0, 0.05) is 5.56 Å². The van der Waals surface area contributed by atoms with Crippen LogP contribution >= 0.6 is 11.6 Å². The highest BCUT2D eigenvalue weighted by atomic mass is 35.5. The van der Waals surface area contributed by atoms with Crippen molar-refractivity contribution in [3.05, 3.63) is 28.0 Å². The average molecular weight is 257 g/mol. The van der Waals surface area contributed by atoms with Crippen LogP contribution in [0, 0.1) is 11.3 Å². The fourth-order valence-corrected chi connectivity index (χ4v) is 1.35. The molecule has 0 atom stereocenters. The van der Waals surface area contributed by atoms with Crippen molar-refractivity contribution in [2.75, 3.05) is 0 Å². The third kappa shape index (κ3) is 2.39. The summed E-state index contributed by atoms with van der Waals surface area (Å²) in [5.41, 5.74) is -3.64. The molecular formula is C8H2ClF5N2. The van der Waals surface area contributed by atoms with Crippen LogP contribution in [-0.4, -0.2) is 4.98 Å². The molecule has 2 nitrogen and oxygen atoms in total. The lowest BCUT2D eigenvalue weighted by atomic mass is 10.1. The van der Waals surface area contributed by atoms with Crippen molar-refractivity contribution in [3.8, 4) is 6.07 Å². The summed E-state index contributed by atoms with van der Waals surface area (Å²) in [5, 5.41) is 7.21. The van der Waals surface area contributed by atoms with Crippen LogP contribution in [0.2, 0.25) is 5.15 Å². The number of nitrogens with zero attached hydrogens (tertiary/aromatic N) is 2. The highest BCUT2D eigenvalue weighted by molar-refractivity contribution is 6.30. The predicted molar refractivity (Wildman–Crippen MR) is 43.9 cm³/mol. The lowest BCUT2D eigenvalue weighted by Gasteiger charge is -2.13. The number of nitriles is 1. The summed E-state index contributed by atoms with van der Waals surface area (Å²) >= 11 is 5.13. The number of halogens is 6. The Hall–Kier alpha value is -1.42. The van der Waals surface area contributed by atoms with E-state index in [0.29, 0.717) is 6.07 Å². The molecule has 16 heavy (non-hydrogen) atoms. The molecule has 1 rings (SSSR count). The van der Waals surface area contributed by atoms with E-state index in [1.54, 1.807) is 0 Å². The summed E-state index contributed by atoms with van der Waals surface area (Å²) in [5.74, 6) is 0. The van der Waals surface area contributed by atoms with Crippen LogP contribution in [0.1, 0.15) is 23.2 Å². The van der Waals surface area contributed by atoms with Crippen LogP contribution in [0.4, 0.5) is 22.0 Å². The summed E-state index contributed by atoms with van der Waals surface area (Å²) in [6.07, 6.45) is -8.42. The summed E-state index contributed by atoms with van der Waals surface area (Å²) in [7, 11) is 0. The van der Waals surface area contributed by atoms with Crippen LogP contribution in [0.25, 0.3) is 0 Å². The Balaban J connectivity index is 3.54. The Morgan fingerprint density at radius 1 is 1.38 bits per heavy atom. The van der Waals surface area contributed by atoms with Gasteiger partial charge < -0.3 is 0 Å². The van der Waals surface area contributed by atoms with Gasteiger partial charge >= 0.3 is 6.18 Å². The highest BCUT2D eigenvalue weighted by Crippen LogP contribution is 2.40. The number of alkyl halides is 5. The smallest absolute Gasteiger partial charge is 0.225 e. The van der Waals surface area contributed by atoms with Crippen molar-refractivity contribution in [1.82, 2.24) is 4.98 Å².